The highest BCUT2D eigenvalue weighted by Crippen LogP contribution is 2.49. The molecule has 0 aliphatic heterocycles. The number of esters is 1. The lowest BCUT2D eigenvalue weighted by molar-refractivity contribution is -0.164. The summed E-state index contributed by atoms with van der Waals surface area (Å²) >= 11 is 0. The number of aliphatic hydroxyl groups excluding tert-OH is 1. The van der Waals surface area contributed by atoms with Crippen molar-refractivity contribution in [1.82, 2.24) is 5.48 Å². The van der Waals surface area contributed by atoms with Gasteiger partial charge in [0.2, 0.25) is 0 Å². The van der Waals surface area contributed by atoms with Crippen LogP contribution in [0.15, 0.2) is 12.2 Å². The fourth-order valence-electron chi connectivity index (χ4n) is 2.80. The number of hydrogen-bond acceptors (Lipinski definition) is 6. The Hall–Kier alpha value is -1.40. The van der Waals surface area contributed by atoms with E-state index in [9.17, 15) is 14.7 Å². The molecule has 2 bridgehead atoms. The van der Waals surface area contributed by atoms with E-state index in [1.807, 2.05) is 0 Å². The molecule has 0 aromatic rings. The molecule has 2 aliphatic rings. The van der Waals surface area contributed by atoms with Crippen molar-refractivity contribution >= 4 is 11.9 Å². The summed E-state index contributed by atoms with van der Waals surface area (Å²) in [6.07, 6.45) is 2.81. The lowest BCUT2D eigenvalue weighted by Crippen LogP contribution is -2.36. The van der Waals surface area contributed by atoms with Gasteiger partial charge in [0.05, 0.1) is 25.0 Å². The molecule has 6 heteroatoms. The zero-order valence-electron chi connectivity index (χ0n) is 9.62. The molecule has 0 radical (unpaired) electrons. The van der Waals surface area contributed by atoms with Crippen LogP contribution in [0, 0.1) is 23.7 Å². The zero-order chi connectivity index (χ0) is 12.6. The predicted octanol–water partition coefficient (Wildman–Crippen LogP) is -0.754. The average Bonchev–Trinajstić information content (AvgIpc) is 2.82. The van der Waals surface area contributed by atoms with E-state index in [0.717, 1.165) is 0 Å². The third-order valence-corrected chi connectivity index (χ3v) is 3.51. The van der Waals surface area contributed by atoms with Crippen molar-refractivity contribution in [3.63, 3.8) is 0 Å². The molecule has 0 aromatic heterocycles. The lowest BCUT2D eigenvalue weighted by Gasteiger charge is -2.23. The van der Waals surface area contributed by atoms with Crippen LogP contribution in [0.1, 0.15) is 0 Å². The maximum atomic E-state index is 11.8. The molecule has 2 aliphatic carbocycles. The molecule has 2 rings (SSSR count). The second-order valence-corrected chi connectivity index (χ2v) is 4.23. The van der Waals surface area contributed by atoms with Crippen LogP contribution in [0.5, 0.6) is 0 Å². The Kier molecular flexibility index (Phi) is 3.17. The summed E-state index contributed by atoms with van der Waals surface area (Å²) in [7, 11) is 2.73. The van der Waals surface area contributed by atoms with E-state index in [4.69, 9.17) is 4.84 Å². The summed E-state index contributed by atoms with van der Waals surface area (Å²) in [6.45, 7) is 0. The molecule has 5 atom stereocenters. The minimum Gasteiger partial charge on any atom is -0.469 e. The molecule has 0 saturated heterocycles. The van der Waals surface area contributed by atoms with Crippen LogP contribution >= 0.6 is 0 Å². The number of nitrogens with one attached hydrogen (secondary N) is 1. The van der Waals surface area contributed by atoms with Gasteiger partial charge in [0, 0.05) is 18.9 Å². The summed E-state index contributed by atoms with van der Waals surface area (Å²) in [4.78, 5) is 28.2. The molecule has 6 nitrogen and oxygen atoms in total. The average molecular weight is 241 g/mol. The van der Waals surface area contributed by atoms with Gasteiger partial charge in [-0.25, -0.2) is 0 Å². The predicted molar refractivity (Wildman–Crippen MR) is 56.3 cm³/mol. The second-order valence-electron chi connectivity index (χ2n) is 4.23. The first-order chi connectivity index (χ1) is 8.11. The SMILES string of the molecule is CNOC(=O)[C@H]1C2C=CC(C2O)[C@@H]1C(=O)OC. The highest BCUT2D eigenvalue weighted by atomic mass is 16.7. The lowest BCUT2D eigenvalue weighted by atomic mass is 9.83. The first-order valence-electron chi connectivity index (χ1n) is 5.43. The van der Waals surface area contributed by atoms with E-state index >= 15 is 0 Å². The minimum atomic E-state index is -0.714. The van der Waals surface area contributed by atoms with E-state index in [1.165, 1.54) is 14.2 Å². The maximum absolute atomic E-state index is 11.8. The number of aliphatic hydroxyl groups is 1. The molecular weight excluding hydrogens is 226 g/mol. The van der Waals surface area contributed by atoms with Crippen molar-refractivity contribution in [2.75, 3.05) is 14.2 Å². The molecule has 1 fully saturated rings. The van der Waals surface area contributed by atoms with Crippen LogP contribution < -0.4 is 5.48 Å². The number of carbonyl (C=O) groups excluding carboxylic acids is 2. The van der Waals surface area contributed by atoms with E-state index in [2.05, 4.69) is 10.2 Å². The van der Waals surface area contributed by atoms with E-state index < -0.39 is 29.9 Å². The van der Waals surface area contributed by atoms with Gasteiger partial charge in [-0.2, -0.15) is 5.48 Å². The Morgan fingerprint density at radius 1 is 1.18 bits per heavy atom. The summed E-state index contributed by atoms with van der Waals surface area (Å²) in [6, 6.07) is 0. The van der Waals surface area contributed by atoms with Crippen LogP contribution in [-0.4, -0.2) is 37.3 Å². The van der Waals surface area contributed by atoms with Gasteiger partial charge in [-0.3, -0.25) is 9.59 Å². The topological polar surface area (TPSA) is 84.9 Å². The van der Waals surface area contributed by atoms with Crippen LogP contribution in [0.4, 0.5) is 0 Å². The van der Waals surface area contributed by atoms with Gasteiger partial charge < -0.3 is 14.7 Å². The zero-order valence-corrected chi connectivity index (χ0v) is 9.62. The monoisotopic (exact) mass is 241 g/mol. The Morgan fingerprint density at radius 3 is 2.18 bits per heavy atom. The number of ether oxygens (including phenoxy) is 1. The maximum Gasteiger partial charge on any atom is 0.329 e. The molecular formula is C11H15NO5. The van der Waals surface area contributed by atoms with Crippen LogP contribution in [-0.2, 0) is 19.2 Å². The van der Waals surface area contributed by atoms with E-state index in [1.54, 1.807) is 12.2 Å². The molecule has 0 heterocycles. The van der Waals surface area contributed by atoms with E-state index in [0.29, 0.717) is 0 Å². The standard InChI is InChI=1S/C11H15NO5/c1-12-17-11(15)8-6-4-3-5(9(6)13)7(8)10(14)16-2/h3-9,12-13H,1-2H3/t5?,6?,7-,8-,9?/m0/s1. The van der Waals surface area contributed by atoms with Gasteiger partial charge in [-0.15, -0.1) is 0 Å². The van der Waals surface area contributed by atoms with E-state index in [-0.39, 0.29) is 11.8 Å². The second kappa shape index (κ2) is 4.46. The van der Waals surface area contributed by atoms with Gasteiger partial charge in [-0.1, -0.05) is 12.2 Å². The molecule has 94 valence electrons. The summed E-state index contributed by atoms with van der Waals surface area (Å²) in [5.74, 6) is -3.10. The molecule has 1 saturated carbocycles. The Labute approximate surface area is 98.5 Å². The number of rotatable bonds is 3. The third-order valence-electron chi connectivity index (χ3n) is 3.51. The van der Waals surface area contributed by atoms with Gasteiger partial charge in [0.25, 0.3) is 0 Å². The number of hydrogen-bond donors (Lipinski definition) is 2. The minimum absolute atomic E-state index is 0.359. The number of fused-ring (bicyclic) bond motifs is 2. The van der Waals surface area contributed by atoms with Gasteiger partial charge in [-0.05, 0) is 0 Å². The summed E-state index contributed by atoms with van der Waals surface area (Å²) in [5.41, 5.74) is 2.29. The molecule has 0 spiro atoms. The molecule has 0 aromatic carbocycles. The van der Waals surface area contributed by atoms with Crippen molar-refractivity contribution in [3.05, 3.63) is 12.2 Å². The van der Waals surface area contributed by atoms with Crippen molar-refractivity contribution < 1.29 is 24.3 Å². The molecule has 17 heavy (non-hydrogen) atoms. The van der Waals surface area contributed by atoms with Gasteiger partial charge in [0.15, 0.2) is 0 Å². The van der Waals surface area contributed by atoms with Crippen LogP contribution in [0.3, 0.4) is 0 Å². The molecule has 3 unspecified atom stereocenters. The number of carbonyl (C=O) groups is 2. The first kappa shape index (κ1) is 12.1. The van der Waals surface area contributed by atoms with Crippen molar-refractivity contribution in [2.24, 2.45) is 23.7 Å². The quantitative estimate of drug-likeness (QED) is 0.384. The first-order valence-corrected chi connectivity index (χ1v) is 5.43. The Balaban J connectivity index is 2.25. The van der Waals surface area contributed by atoms with Gasteiger partial charge in [0.1, 0.15) is 0 Å². The molecule has 0 amide bonds. The summed E-state index contributed by atoms with van der Waals surface area (Å²) < 4.78 is 4.68. The molecule has 2 N–H and O–H groups in total. The van der Waals surface area contributed by atoms with Crippen LogP contribution in [0.2, 0.25) is 0 Å². The van der Waals surface area contributed by atoms with Crippen LogP contribution in [0.25, 0.3) is 0 Å². The fraction of sp³-hybridized carbons (Fsp3) is 0.636. The Morgan fingerprint density at radius 2 is 1.71 bits per heavy atom. The smallest absolute Gasteiger partial charge is 0.329 e. The third kappa shape index (κ3) is 1.73. The van der Waals surface area contributed by atoms with Gasteiger partial charge >= 0.3 is 11.9 Å². The highest BCUT2D eigenvalue weighted by Gasteiger charge is 2.58. The number of methoxy groups -OCH3 is 1. The van der Waals surface area contributed by atoms with Crippen molar-refractivity contribution in [1.29, 1.82) is 0 Å². The van der Waals surface area contributed by atoms with Crippen molar-refractivity contribution in [2.45, 2.75) is 6.10 Å². The Bertz CT molecular complexity index is 367. The largest absolute Gasteiger partial charge is 0.469 e. The normalized spacial score (nSPS) is 38.2. The van der Waals surface area contributed by atoms with Crippen molar-refractivity contribution in [3.8, 4) is 0 Å². The summed E-state index contributed by atoms with van der Waals surface area (Å²) in [5, 5.41) is 9.93. The highest BCUT2D eigenvalue weighted by molar-refractivity contribution is 5.84. The fourth-order valence-corrected chi connectivity index (χ4v) is 2.80. The number of hydroxylamine groups is 1.